The van der Waals surface area contributed by atoms with Gasteiger partial charge in [0.1, 0.15) is 0 Å². The van der Waals surface area contributed by atoms with Gasteiger partial charge in [-0.1, -0.05) is 23.7 Å². The van der Waals surface area contributed by atoms with Gasteiger partial charge in [0.05, 0.1) is 6.04 Å². The lowest BCUT2D eigenvalue weighted by Gasteiger charge is -2.27. The molecule has 0 aliphatic carbocycles. The Morgan fingerprint density at radius 2 is 1.95 bits per heavy atom. The molecule has 0 bridgehead atoms. The van der Waals surface area contributed by atoms with Gasteiger partial charge < -0.3 is 10.2 Å². The van der Waals surface area contributed by atoms with E-state index in [9.17, 15) is 8.78 Å². The number of aromatic nitrogens is 1. The largest absolute Gasteiger partial charge is 0.371 e. The van der Waals surface area contributed by atoms with Crippen molar-refractivity contribution >= 4 is 23.2 Å². The van der Waals surface area contributed by atoms with Crippen LogP contribution >= 0.6 is 11.6 Å². The number of hydrogen-bond acceptors (Lipinski definition) is 3. The first-order valence-electron chi connectivity index (χ1n) is 6.46. The van der Waals surface area contributed by atoms with Crippen LogP contribution in [-0.4, -0.2) is 19.1 Å². The molecule has 2 aromatic rings. The molecular weight excluding hydrogens is 296 g/mol. The van der Waals surface area contributed by atoms with Crippen LogP contribution in [0.2, 0.25) is 5.02 Å². The van der Waals surface area contributed by atoms with Gasteiger partial charge in [-0.3, -0.25) is 0 Å². The second-order valence-corrected chi connectivity index (χ2v) is 5.15. The van der Waals surface area contributed by atoms with E-state index in [4.69, 9.17) is 11.6 Å². The molecule has 1 aromatic heterocycles. The molecule has 0 fully saturated rings. The fraction of sp³-hybridized carbons (Fsp3) is 0.267. The lowest BCUT2D eigenvalue weighted by atomic mass is 10.1. The van der Waals surface area contributed by atoms with Gasteiger partial charge in [0.2, 0.25) is 0 Å². The summed E-state index contributed by atoms with van der Waals surface area (Å²) in [6.07, 6.45) is 0. The standard InChI is InChI=1S/C15H16ClF2N3/c1-9(10-5-4-6-11(16)7-10)21(3)15-13(18)8-12(17)14(19-2)20-15/h4-9H,1-3H3,(H,19,20). The Kier molecular flexibility index (Phi) is 4.63. The fourth-order valence-electron chi connectivity index (χ4n) is 2.05. The van der Waals surface area contributed by atoms with Crippen LogP contribution in [0, 0.1) is 11.6 Å². The second kappa shape index (κ2) is 6.26. The summed E-state index contributed by atoms with van der Waals surface area (Å²) in [5, 5.41) is 3.21. The first-order chi connectivity index (χ1) is 9.93. The minimum atomic E-state index is -0.720. The molecule has 0 amide bonds. The number of halogens is 3. The van der Waals surface area contributed by atoms with Crippen LogP contribution in [0.1, 0.15) is 18.5 Å². The zero-order chi connectivity index (χ0) is 15.6. The summed E-state index contributed by atoms with van der Waals surface area (Å²) in [4.78, 5) is 5.63. The normalized spacial score (nSPS) is 12.1. The van der Waals surface area contributed by atoms with Crippen molar-refractivity contribution in [3.8, 4) is 0 Å². The van der Waals surface area contributed by atoms with Crippen molar-refractivity contribution in [2.75, 3.05) is 24.3 Å². The summed E-state index contributed by atoms with van der Waals surface area (Å²) in [5.41, 5.74) is 0.918. The highest BCUT2D eigenvalue weighted by atomic mass is 35.5. The van der Waals surface area contributed by atoms with Crippen LogP contribution in [-0.2, 0) is 0 Å². The van der Waals surface area contributed by atoms with E-state index in [1.165, 1.54) is 7.05 Å². The van der Waals surface area contributed by atoms with Crippen LogP contribution in [0.25, 0.3) is 0 Å². The van der Waals surface area contributed by atoms with Gasteiger partial charge in [-0.05, 0) is 24.6 Å². The van der Waals surface area contributed by atoms with Gasteiger partial charge in [0.25, 0.3) is 0 Å². The summed E-state index contributed by atoms with van der Waals surface area (Å²) >= 11 is 5.97. The maximum Gasteiger partial charge on any atom is 0.168 e. The number of anilines is 2. The zero-order valence-electron chi connectivity index (χ0n) is 12.0. The zero-order valence-corrected chi connectivity index (χ0v) is 12.7. The van der Waals surface area contributed by atoms with Crippen molar-refractivity contribution in [2.45, 2.75) is 13.0 Å². The molecule has 1 heterocycles. The van der Waals surface area contributed by atoms with Gasteiger partial charge in [-0.15, -0.1) is 0 Å². The minimum Gasteiger partial charge on any atom is -0.371 e. The number of rotatable bonds is 4. The van der Waals surface area contributed by atoms with E-state index < -0.39 is 11.6 Å². The number of nitrogens with one attached hydrogen (secondary N) is 1. The average molecular weight is 312 g/mol. The van der Waals surface area contributed by atoms with E-state index in [1.807, 2.05) is 25.1 Å². The van der Waals surface area contributed by atoms with E-state index in [-0.39, 0.29) is 17.7 Å². The minimum absolute atomic E-state index is 0.0107. The third kappa shape index (κ3) is 3.24. The maximum atomic E-state index is 14.0. The summed E-state index contributed by atoms with van der Waals surface area (Å²) in [6.45, 7) is 1.90. The Balaban J connectivity index is 2.37. The van der Waals surface area contributed by atoms with Gasteiger partial charge in [0, 0.05) is 25.2 Å². The molecule has 0 aliphatic rings. The van der Waals surface area contributed by atoms with E-state index in [2.05, 4.69) is 10.3 Å². The Labute approximate surface area is 127 Å². The smallest absolute Gasteiger partial charge is 0.168 e. The van der Waals surface area contributed by atoms with Crippen LogP contribution in [0.4, 0.5) is 20.4 Å². The van der Waals surface area contributed by atoms with Crippen molar-refractivity contribution < 1.29 is 8.78 Å². The van der Waals surface area contributed by atoms with E-state index in [1.54, 1.807) is 18.0 Å². The molecule has 0 radical (unpaired) electrons. The molecule has 1 atom stereocenters. The Hall–Kier alpha value is -1.88. The third-order valence-corrected chi connectivity index (χ3v) is 3.63. The molecule has 21 heavy (non-hydrogen) atoms. The molecule has 2 rings (SSSR count). The second-order valence-electron chi connectivity index (χ2n) is 4.72. The summed E-state index contributed by atoms with van der Waals surface area (Å²) in [6, 6.07) is 7.97. The summed E-state index contributed by atoms with van der Waals surface area (Å²) in [7, 11) is 3.24. The molecule has 1 N–H and O–H groups in total. The van der Waals surface area contributed by atoms with Crippen molar-refractivity contribution in [3.63, 3.8) is 0 Å². The quantitative estimate of drug-likeness (QED) is 0.915. The highest BCUT2D eigenvalue weighted by Crippen LogP contribution is 2.29. The number of nitrogens with zero attached hydrogens (tertiary/aromatic N) is 2. The highest BCUT2D eigenvalue weighted by Gasteiger charge is 2.19. The van der Waals surface area contributed by atoms with Crippen molar-refractivity contribution in [2.24, 2.45) is 0 Å². The lowest BCUT2D eigenvalue weighted by Crippen LogP contribution is -2.24. The molecule has 0 saturated heterocycles. The number of benzene rings is 1. The number of hydrogen-bond donors (Lipinski definition) is 1. The van der Waals surface area contributed by atoms with E-state index in [0.29, 0.717) is 5.02 Å². The van der Waals surface area contributed by atoms with Gasteiger partial charge in [-0.25, -0.2) is 13.8 Å². The Morgan fingerprint density at radius 1 is 1.24 bits per heavy atom. The maximum absolute atomic E-state index is 14.0. The first-order valence-corrected chi connectivity index (χ1v) is 6.84. The monoisotopic (exact) mass is 311 g/mol. The summed E-state index contributed by atoms with van der Waals surface area (Å²) < 4.78 is 27.4. The van der Waals surface area contributed by atoms with Crippen molar-refractivity contribution in [3.05, 3.63) is 52.6 Å². The first kappa shape index (κ1) is 15.5. The highest BCUT2D eigenvalue weighted by molar-refractivity contribution is 6.30. The van der Waals surface area contributed by atoms with Crippen molar-refractivity contribution in [1.82, 2.24) is 4.98 Å². The van der Waals surface area contributed by atoms with Gasteiger partial charge in [0.15, 0.2) is 23.3 Å². The third-order valence-electron chi connectivity index (χ3n) is 3.39. The molecule has 0 saturated carbocycles. The lowest BCUT2D eigenvalue weighted by molar-refractivity contribution is 0.567. The SMILES string of the molecule is CNc1nc(N(C)C(C)c2cccc(Cl)c2)c(F)cc1F. The average Bonchev–Trinajstić information content (AvgIpc) is 2.46. The van der Waals surface area contributed by atoms with Crippen LogP contribution in [0.5, 0.6) is 0 Å². The van der Waals surface area contributed by atoms with Crippen LogP contribution in [0.15, 0.2) is 30.3 Å². The predicted molar refractivity (Wildman–Crippen MR) is 82.0 cm³/mol. The molecular formula is C15H16ClF2N3. The topological polar surface area (TPSA) is 28.2 Å². The van der Waals surface area contributed by atoms with E-state index in [0.717, 1.165) is 11.6 Å². The molecule has 0 spiro atoms. The van der Waals surface area contributed by atoms with Crippen LogP contribution in [0.3, 0.4) is 0 Å². The Morgan fingerprint density at radius 3 is 2.57 bits per heavy atom. The fourth-order valence-corrected chi connectivity index (χ4v) is 2.25. The van der Waals surface area contributed by atoms with Gasteiger partial charge >= 0.3 is 0 Å². The predicted octanol–water partition coefficient (Wildman–Crippen LogP) is 4.25. The van der Waals surface area contributed by atoms with E-state index >= 15 is 0 Å². The van der Waals surface area contributed by atoms with Gasteiger partial charge in [-0.2, -0.15) is 0 Å². The molecule has 0 aliphatic heterocycles. The summed E-state index contributed by atoms with van der Waals surface area (Å²) in [5.74, 6) is -1.34. The van der Waals surface area contributed by atoms with Crippen LogP contribution < -0.4 is 10.2 Å². The molecule has 112 valence electrons. The molecule has 6 heteroatoms. The molecule has 3 nitrogen and oxygen atoms in total. The van der Waals surface area contributed by atoms with Crippen molar-refractivity contribution in [1.29, 1.82) is 0 Å². The number of pyridine rings is 1. The molecule has 1 unspecified atom stereocenters. The molecule has 1 aromatic carbocycles. The Bertz CT molecular complexity index is 649.